The number of allylic oxidation sites excluding steroid dienone is 1. The first-order valence-electron chi connectivity index (χ1n) is 10.5. The number of benzene rings is 3. The van der Waals surface area contributed by atoms with Crippen LogP contribution >= 0.6 is 0 Å². The van der Waals surface area contributed by atoms with Crippen LogP contribution in [0.1, 0.15) is 26.3 Å². The lowest BCUT2D eigenvalue weighted by Crippen LogP contribution is -2.10. The van der Waals surface area contributed by atoms with Gasteiger partial charge in [-0.2, -0.15) is 0 Å². The first-order chi connectivity index (χ1) is 16.9. The molecule has 0 saturated carbocycles. The maximum absolute atomic E-state index is 12.8. The molecule has 0 saturated heterocycles. The molecular formula is C27H26O8. The second-order valence-electron chi connectivity index (χ2n) is 7.14. The lowest BCUT2D eigenvalue weighted by Gasteiger charge is -2.14. The first kappa shape index (κ1) is 25.2. The average Bonchev–Trinajstić information content (AvgIpc) is 2.91. The van der Waals surface area contributed by atoms with Crippen LogP contribution in [0.4, 0.5) is 0 Å². The van der Waals surface area contributed by atoms with Gasteiger partial charge in [0.1, 0.15) is 5.75 Å². The predicted octanol–water partition coefficient (Wildman–Crippen LogP) is 4.84. The maximum atomic E-state index is 12.8. The van der Waals surface area contributed by atoms with E-state index in [1.165, 1.54) is 46.6 Å². The van der Waals surface area contributed by atoms with E-state index in [2.05, 4.69) is 0 Å². The number of rotatable bonds is 10. The third kappa shape index (κ3) is 5.92. The molecule has 0 fully saturated rings. The van der Waals surface area contributed by atoms with Crippen molar-refractivity contribution < 1.29 is 38.0 Å². The molecule has 3 aromatic carbocycles. The van der Waals surface area contributed by atoms with Crippen molar-refractivity contribution in [3.05, 3.63) is 77.4 Å². The summed E-state index contributed by atoms with van der Waals surface area (Å²) in [5.74, 6) is 1.43. The van der Waals surface area contributed by atoms with Gasteiger partial charge in [0.25, 0.3) is 0 Å². The minimum Gasteiger partial charge on any atom is -0.497 e. The largest absolute Gasteiger partial charge is 0.497 e. The third-order valence-electron chi connectivity index (χ3n) is 5.09. The van der Waals surface area contributed by atoms with E-state index < -0.39 is 5.97 Å². The highest BCUT2D eigenvalue weighted by atomic mass is 16.6. The summed E-state index contributed by atoms with van der Waals surface area (Å²) in [6.07, 6.45) is 3.11. The Morgan fingerprint density at radius 3 is 1.80 bits per heavy atom. The number of hydrogen-bond acceptors (Lipinski definition) is 8. The van der Waals surface area contributed by atoms with Crippen LogP contribution in [0.5, 0.6) is 34.5 Å². The molecule has 0 unspecified atom stereocenters. The number of methoxy groups -OCH3 is 5. The van der Waals surface area contributed by atoms with E-state index in [0.29, 0.717) is 39.9 Å². The zero-order chi connectivity index (χ0) is 25.4. The SMILES string of the molecule is COc1ccc(C(=O)C=Cc2ccc(OC(=O)c3cc(OC)c(OC)c(OC)c3)c(OC)c2)cc1. The van der Waals surface area contributed by atoms with E-state index in [4.69, 9.17) is 28.4 Å². The third-order valence-corrected chi connectivity index (χ3v) is 5.09. The Hall–Kier alpha value is -4.46. The van der Waals surface area contributed by atoms with Crippen LogP contribution in [0.25, 0.3) is 6.08 Å². The van der Waals surface area contributed by atoms with E-state index >= 15 is 0 Å². The van der Waals surface area contributed by atoms with Crippen molar-refractivity contribution in [3.8, 4) is 34.5 Å². The molecule has 0 heterocycles. The molecule has 0 aliphatic carbocycles. The second kappa shape index (κ2) is 11.6. The van der Waals surface area contributed by atoms with Crippen molar-refractivity contribution in [2.24, 2.45) is 0 Å². The molecule has 3 rings (SSSR count). The Bertz CT molecular complexity index is 1200. The molecule has 0 N–H and O–H groups in total. The van der Waals surface area contributed by atoms with Gasteiger partial charge in [0, 0.05) is 5.56 Å². The smallest absolute Gasteiger partial charge is 0.343 e. The minimum atomic E-state index is -0.638. The maximum Gasteiger partial charge on any atom is 0.343 e. The Labute approximate surface area is 203 Å². The quantitative estimate of drug-likeness (QED) is 0.177. The first-order valence-corrected chi connectivity index (χ1v) is 10.5. The summed E-state index contributed by atoms with van der Waals surface area (Å²) in [6, 6.07) is 14.8. The van der Waals surface area contributed by atoms with E-state index in [9.17, 15) is 9.59 Å². The van der Waals surface area contributed by atoms with Gasteiger partial charge in [-0.1, -0.05) is 12.1 Å². The van der Waals surface area contributed by atoms with Gasteiger partial charge in [-0.15, -0.1) is 0 Å². The number of hydrogen-bond donors (Lipinski definition) is 0. The Morgan fingerprint density at radius 1 is 0.629 bits per heavy atom. The summed E-state index contributed by atoms with van der Waals surface area (Å²) in [5, 5.41) is 0. The van der Waals surface area contributed by atoms with Gasteiger partial charge in [0.15, 0.2) is 28.8 Å². The summed E-state index contributed by atoms with van der Waals surface area (Å²) in [5.41, 5.74) is 1.43. The fraction of sp³-hybridized carbons (Fsp3) is 0.185. The highest BCUT2D eigenvalue weighted by Crippen LogP contribution is 2.39. The van der Waals surface area contributed by atoms with Crippen molar-refractivity contribution in [2.75, 3.05) is 35.5 Å². The van der Waals surface area contributed by atoms with Crippen molar-refractivity contribution in [1.29, 1.82) is 0 Å². The van der Waals surface area contributed by atoms with Crippen molar-refractivity contribution in [1.82, 2.24) is 0 Å². The molecule has 0 radical (unpaired) electrons. The van der Waals surface area contributed by atoms with Gasteiger partial charge < -0.3 is 28.4 Å². The minimum absolute atomic E-state index is 0.162. The zero-order valence-electron chi connectivity index (χ0n) is 20.1. The van der Waals surface area contributed by atoms with Crippen LogP contribution in [0.15, 0.2) is 60.7 Å². The van der Waals surface area contributed by atoms with Crippen molar-refractivity contribution >= 4 is 17.8 Å². The molecular weight excluding hydrogens is 452 g/mol. The fourth-order valence-electron chi connectivity index (χ4n) is 3.25. The number of ether oxygens (including phenoxy) is 6. The number of ketones is 1. The lowest BCUT2D eigenvalue weighted by molar-refractivity contribution is 0.0728. The van der Waals surface area contributed by atoms with Crippen LogP contribution in [0, 0.1) is 0 Å². The topological polar surface area (TPSA) is 89.5 Å². The molecule has 182 valence electrons. The summed E-state index contributed by atoms with van der Waals surface area (Å²) in [6.45, 7) is 0. The van der Waals surface area contributed by atoms with Crippen LogP contribution in [0.3, 0.4) is 0 Å². The summed E-state index contributed by atoms with van der Waals surface area (Å²) in [7, 11) is 7.42. The van der Waals surface area contributed by atoms with Gasteiger partial charge in [-0.05, 0) is 60.2 Å². The zero-order valence-corrected chi connectivity index (χ0v) is 20.1. The molecule has 8 heteroatoms. The fourth-order valence-corrected chi connectivity index (χ4v) is 3.25. The van der Waals surface area contributed by atoms with Crippen molar-refractivity contribution in [2.45, 2.75) is 0 Å². The molecule has 35 heavy (non-hydrogen) atoms. The normalized spacial score (nSPS) is 10.5. The molecule has 0 amide bonds. The Morgan fingerprint density at radius 2 is 1.26 bits per heavy atom. The van der Waals surface area contributed by atoms with Gasteiger partial charge in [0.2, 0.25) is 5.75 Å². The van der Waals surface area contributed by atoms with Crippen LogP contribution < -0.4 is 28.4 Å². The van der Waals surface area contributed by atoms with Crippen molar-refractivity contribution in [3.63, 3.8) is 0 Å². The summed E-state index contributed by atoms with van der Waals surface area (Å²) in [4.78, 5) is 25.3. The number of esters is 1. The Balaban J connectivity index is 1.79. The molecule has 0 aliphatic rings. The number of carbonyl (C=O) groups excluding carboxylic acids is 2. The molecule has 8 nitrogen and oxygen atoms in total. The second-order valence-corrected chi connectivity index (χ2v) is 7.14. The molecule has 0 bridgehead atoms. The predicted molar refractivity (Wildman–Crippen MR) is 130 cm³/mol. The molecule has 0 atom stereocenters. The van der Waals surface area contributed by atoms with Gasteiger partial charge in [0.05, 0.1) is 41.1 Å². The highest BCUT2D eigenvalue weighted by Gasteiger charge is 2.19. The highest BCUT2D eigenvalue weighted by molar-refractivity contribution is 6.06. The van der Waals surface area contributed by atoms with Gasteiger partial charge >= 0.3 is 5.97 Å². The molecule has 0 aromatic heterocycles. The van der Waals surface area contributed by atoms with E-state index in [0.717, 1.165) is 0 Å². The van der Waals surface area contributed by atoms with E-state index in [1.54, 1.807) is 55.7 Å². The van der Waals surface area contributed by atoms with Crippen LogP contribution in [0.2, 0.25) is 0 Å². The molecule has 0 spiro atoms. The summed E-state index contributed by atoms with van der Waals surface area (Å²) >= 11 is 0. The van der Waals surface area contributed by atoms with Crippen LogP contribution in [-0.4, -0.2) is 47.3 Å². The monoisotopic (exact) mass is 478 g/mol. The van der Waals surface area contributed by atoms with Gasteiger partial charge in [-0.3, -0.25) is 4.79 Å². The van der Waals surface area contributed by atoms with E-state index in [-0.39, 0.29) is 17.1 Å². The summed E-state index contributed by atoms with van der Waals surface area (Å²) < 4.78 is 31.9. The van der Waals surface area contributed by atoms with E-state index in [1.807, 2.05) is 0 Å². The molecule has 3 aromatic rings. The standard InChI is InChI=1S/C27H26O8/c1-30-20-10-8-18(9-11-20)21(28)12-6-17-7-13-22(23(14-17)31-2)35-27(29)19-15-24(32-3)26(34-5)25(16-19)33-4/h6-16H,1-5H3. The average molecular weight is 478 g/mol. The van der Waals surface area contributed by atoms with Gasteiger partial charge in [-0.25, -0.2) is 4.79 Å². The number of carbonyl (C=O) groups is 2. The lowest BCUT2D eigenvalue weighted by atomic mass is 10.1. The Kier molecular flexibility index (Phi) is 8.34. The molecule has 0 aliphatic heterocycles. The van der Waals surface area contributed by atoms with Crippen LogP contribution in [-0.2, 0) is 0 Å².